The smallest absolute Gasteiger partial charge is 0.227 e. The second kappa shape index (κ2) is 8.76. The Kier molecular flexibility index (Phi) is 5.69. The van der Waals surface area contributed by atoms with Gasteiger partial charge in [-0.3, -0.25) is 4.79 Å². The van der Waals surface area contributed by atoms with Crippen LogP contribution in [0.1, 0.15) is 36.0 Å². The van der Waals surface area contributed by atoms with Crippen LogP contribution in [0, 0.1) is 0 Å². The molecule has 0 radical (unpaired) electrons. The zero-order valence-corrected chi connectivity index (χ0v) is 18.4. The lowest BCUT2D eigenvalue weighted by molar-refractivity contribution is -0.130. The molecule has 3 aliphatic rings. The number of likely N-dealkylation sites (tertiary alicyclic amines) is 1. The zero-order chi connectivity index (χ0) is 21.2. The normalized spacial score (nSPS) is 20.4. The van der Waals surface area contributed by atoms with E-state index in [-0.39, 0.29) is 11.9 Å². The number of halogens is 1. The number of carbonyl (C=O) groups is 1. The highest BCUT2D eigenvalue weighted by molar-refractivity contribution is 6.30. The lowest BCUT2D eigenvalue weighted by atomic mass is 9.85. The number of carbonyl (C=O) groups excluding carboxylic acids is 1. The SMILES string of the molecule is O=C(Cc1ccccc1)N1CCC(=C2c3ccc(Cl)cc3CCC3=CC=CNC32)CC1. The van der Waals surface area contributed by atoms with Gasteiger partial charge in [0.05, 0.1) is 12.5 Å². The number of dihydropyridines is 1. The van der Waals surface area contributed by atoms with Crippen LogP contribution < -0.4 is 5.32 Å². The number of amides is 1. The summed E-state index contributed by atoms with van der Waals surface area (Å²) < 4.78 is 0. The molecule has 4 heteroatoms. The second-order valence-corrected chi connectivity index (χ2v) is 9.00. The fourth-order valence-corrected chi connectivity index (χ4v) is 5.26. The minimum Gasteiger partial charge on any atom is -0.380 e. The summed E-state index contributed by atoms with van der Waals surface area (Å²) in [5.41, 5.74) is 8.02. The largest absolute Gasteiger partial charge is 0.380 e. The van der Waals surface area contributed by atoms with E-state index >= 15 is 0 Å². The first kappa shape index (κ1) is 20.1. The number of fused-ring (bicyclic) bond motifs is 2. The van der Waals surface area contributed by atoms with Crippen LogP contribution in [0.2, 0.25) is 5.02 Å². The highest BCUT2D eigenvalue weighted by Crippen LogP contribution is 2.39. The molecular formula is C27H27ClN2O. The van der Waals surface area contributed by atoms with Crippen molar-refractivity contribution in [3.8, 4) is 0 Å². The van der Waals surface area contributed by atoms with E-state index in [1.807, 2.05) is 47.5 Å². The van der Waals surface area contributed by atoms with Crippen LogP contribution >= 0.6 is 11.6 Å². The van der Waals surface area contributed by atoms with Crippen molar-refractivity contribution in [1.82, 2.24) is 10.2 Å². The summed E-state index contributed by atoms with van der Waals surface area (Å²) in [5, 5.41) is 4.41. The first-order valence-corrected chi connectivity index (χ1v) is 11.5. The van der Waals surface area contributed by atoms with Crippen molar-refractivity contribution in [3.05, 3.63) is 99.7 Å². The third-order valence-electron chi connectivity index (χ3n) is 6.67. The van der Waals surface area contributed by atoms with Gasteiger partial charge in [0.2, 0.25) is 5.91 Å². The molecule has 2 aromatic rings. The molecule has 1 aliphatic carbocycles. The van der Waals surface area contributed by atoms with Crippen molar-refractivity contribution in [2.45, 2.75) is 38.1 Å². The lowest BCUT2D eigenvalue weighted by Crippen LogP contribution is -2.38. The molecule has 1 N–H and O–H groups in total. The standard InChI is InChI=1S/C27H27ClN2O/c28-23-10-11-24-22(18-23)9-8-21-7-4-14-29-27(21)26(24)20-12-15-30(16-13-20)25(31)17-19-5-2-1-3-6-19/h1-7,10-11,14,18,27,29H,8-9,12-13,15-17H2. The number of hydrogen-bond acceptors (Lipinski definition) is 2. The summed E-state index contributed by atoms with van der Waals surface area (Å²) in [6.07, 6.45) is 10.8. The van der Waals surface area contributed by atoms with Gasteiger partial charge in [0.25, 0.3) is 0 Å². The van der Waals surface area contributed by atoms with E-state index in [2.05, 4.69) is 29.6 Å². The van der Waals surface area contributed by atoms with E-state index in [1.54, 1.807) is 0 Å². The van der Waals surface area contributed by atoms with Gasteiger partial charge in [-0.05, 0) is 77.9 Å². The average Bonchev–Trinajstić information content (AvgIpc) is 2.96. The average molecular weight is 431 g/mol. The van der Waals surface area contributed by atoms with Gasteiger partial charge in [0.1, 0.15) is 0 Å². The number of nitrogens with zero attached hydrogens (tertiary/aromatic N) is 1. The first-order chi connectivity index (χ1) is 15.2. The third kappa shape index (κ3) is 4.20. The molecular weight excluding hydrogens is 404 g/mol. The van der Waals surface area contributed by atoms with Crippen molar-refractivity contribution in [2.24, 2.45) is 0 Å². The van der Waals surface area contributed by atoms with Crippen molar-refractivity contribution >= 4 is 23.1 Å². The predicted molar refractivity (Wildman–Crippen MR) is 127 cm³/mol. The van der Waals surface area contributed by atoms with Crippen LogP contribution in [0.15, 0.2) is 78.0 Å². The van der Waals surface area contributed by atoms with Crippen molar-refractivity contribution in [2.75, 3.05) is 13.1 Å². The van der Waals surface area contributed by atoms with Gasteiger partial charge < -0.3 is 10.2 Å². The van der Waals surface area contributed by atoms with E-state index < -0.39 is 0 Å². The van der Waals surface area contributed by atoms with Gasteiger partial charge in [-0.15, -0.1) is 0 Å². The zero-order valence-electron chi connectivity index (χ0n) is 17.6. The van der Waals surface area contributed by atoms with Crippen LogP contribution in [-0.2, 0) is 17.6 Å². The Morgan fingerprint density at radius 1 is 1.03 bits per heavy atom. The van der Waals surface area contributed by atoms with E-state index in [9.17, 15) is 4.79 Å². The summed E-state index contributed by atoms with van der Waals surface area (Å²) in [7, 11) is 0. The fourth-order valence-electron chi connectivity index (χ4n) is 5.06. The van der Waals surface area contributed by atoms with Crippen molar-refractivity contribution in [1.29, 1.82) is 0 Å². The molecule has 2 aliphatic heterocycles. The minimum atomic E-state index is 0.217. The number of nitrogens with one attached hydrogen (secondary N) is 1. The van der Waals surface area contributed by atoms with Crippen LogP contribution in [-0.4, -0.2) is 29.9 Å². The number of benzene rings is 2. The molecule has 0 bridgehead atoms. The maximum atomic E-state index is 12.8. The molecule has 5 rings (SSSR count). The van der Waals surface area contributed by atoms with Gasteiger partial charge in [0, 0.05) is 18.1 Å². The van der Waals surface area contributed by atoms with Gasteiger partial charge in [-0.2, -0.15) is 0 Å². The third-order valence-corrected chi connectivity index (χ3v) is 6.90. The van der Waals surface area contributed by atoms with E-state index in [0.29, 0.717) is 6.42 Å². The molecule has 1 saturated heterocycles. The fraction of sp³-hybridized carbons (Fsp3) is 0.296. The number of piperidine rings is 1. The molecule has 158 valence electrons. The molecule has 2 aromatic carbocycles. The number of rotatable bonds is 2. The predicted octanol–water partition coefficient (Wildman–Crippen LogP) is 5.32. The summed E-state index contributed by atoms with van der Waals surface area (Å²) in [4.78, 5) is 14.9. The monoisotopic (exact) mass is 430 g/mol. The maximum Gasteiger partial charge on any atom is 0.227 e. The minimum absolute atomic E-state index is 0.217. The molecule has 3 nitrogen and oxygen atoms in total. The molecule has 1 amide bonds. The Bertz CT molecular complexity index is 1070. The molecule has 1 fully saturated rings. The van der Waals surface area contributed by atoms with E-state index in [4.69, 9.17) is 11.6 Å². The van der Waals surface area contributed by atoms with E-state index in [1.165, 1.54) is 27.8 Å². The Morgan fingerprint density at radius 3 is 2.65 bits per heavy atom. The Labute approximate surface area is 189 Å². The highest BCUT2D eigenvalue weighted by Gasteiger charge is 2.30. The van der Waals surface area contributed by atoms with Gasteiger partial charge >= 0.3 is 0 Å². The highest BCUT2D eigenvalue weighted by atomic mass is 35.5. The number of allylic oxidation sites excluding steroid dienone is 2. The molecule has 0 aromatic heterocycles. The van der Waals surface area contributed by atoms with Gasteiger partial charge in [-0.1, -0.05) is 59.6 Å². The molecule has 0 spiro atoms. The van der Waals surface area contributed by atoms with Gasteiger partial charge in [0.15, 0.2) is 0 Å². The Morgan fingerprint density at radius 2 is 1.84 bits per heavy atom. The van der Waals surface area contributed by atoms with Crippen LogP contribution in [0.25, 0.3) is 5.57 Å². The maximum absolute atomic E-state index is 12.8. The quantitative estimate of drug-likeness (QED) is 0.699. The van der Waals surface area contributed by atoms with Crippen molar-refractivity contribution in [3.63, 3.8) is 0 Å². The Balaban J connectivity index is 1.41. The topological polar surface area (TPSA) is 32.3 Å². The summed E-state index contributed by atoms with van der Waals surface area (Å²) in [5.74, 6) is 0.225. The number of hydrogen-bond donors (Lipinski definition) is 1. The van der Waals surface area contributed by atoms with E-state index in [0.717, 1.165) is 49.4 Å². The molecule has 1 unspecified atom stereocenters. The summed E-state index contributed by atoms with van der Waals surface area (Å²) >= 11 is 6.33. The first-order valence-electron chi connectivity index (χ1n) is 11.1. The van der Waals surface area contributed by atoms with Crippen LogP contribution in [0.4, 0.5) is 0 Å². The molecule has 31 heavy (non-hydrogen) atoms. The van der Waals surface area contributed by atoms with Gasteiger partial charge in [-0.25, -0.2) is 0 Å². The second-order valence-electron chi connectivity index (χ2n) is 8.56. The lowest BCUT2D eigenvalue weighted by Gasteiger charge is -2.33. The van der Waals surface area contributed by atoms with Crippen molar-refractivity contribution < 1.29 is 4.79 Å². The number of aryl methyl sites for hydroxylation is 1. The molecule has 2 heterocycles. The summed E-state index contributed by atoms with van der Waals surface area (Å²) in [6.45, 7) is 1.57. The molecule has 1 atom stereocenters. The summed E-state index contributed by atoms with van der Waals surface area (Å²) in [6, 6.07) is 16.6. The Hall–Kier alpha value is -2.78. The van der Waals surface area contributed by atoms with Crippen LogP contribution in [0.5, 0.6) is 0 Å². The molecule has 0 saturated carbocycles. The van der Waals surface area contributed by atoms with Crippen LogP contribution in [0.3, 0.4) is 0 Å².